The van der Waals surface area contributed by atoms with Crippen molar-refractivity contribution in [2.75, 3.05) is 26.0 Å². The van der Waals surface area contributed by atoms with Gasteiger partial charge in [0.1, 0.15) is 10.1 Å². The second-order valence-electron chi connectivity index (χ2n) is 7.75. The van der Waals surface area contributed by atoms with E-state index in [1.165, 1.54) is 31.0 Å². The molecule has 0 bridgehead atoms. The Kier molecular flexibility index (Phi) is 7.25. The molecular formula is C24H27N3O2S2. The van der Waals surface area contributed by atoms with E-state index >= 15 is 0 Å². The Balaban J connectivity index is 1.50. The third kappa shape index (κ3) is 5.28. The van der Waals surface area contributed by atoms with Crippen LogP contribution in [0.4, 0.5) is 0 Å². The van der Waals surface area contributed by atoms with Crippen LogP contribution in [-0.2, 0) is 4.79 Å². The molecule has 2 aliphatic rings. The number of ether oxygens (including phenoxy) is 1. The number of rotatable bonds is 5. The molecule has 0 aliphatic carbocycles. The van der Waals surface area contributed by atoms with Gasteiger partial charge in [0.2, 0.25) is 0 Å². The number of likely N-dealkylation sites (tertiary alicyclic amines) is 1. The smallest absolute Gasteiger partial charge is 0.253 e. The van der Waals surface area contributed by atoms with E-state index in [0.29, 0.717) is 12.2 Å². The van der Waals surface area contributed by atoms with Gasteiger partial charge in [0.25, 0.3) is 5.91 Å². The number of benzene rings is 2. The minimum atomic E-state index is -0.127. The maximum Gasteiger partial charge on any atom is 0.253 e. The lowest BCUT2D eigenvalue weighted by Crippen LogP contribution is -2.34. The Morgan fingerprint density at radius 1 is 1.10 bits per heavy atom. The minimum absolute atomic E-state index is 0.0175. The molecule has 2 aromatic rings. The highest BCUT2D eigenvalue weighted by atomic mass is 32.2. The van der Waals surface area contributed by atoms with Crippen molar-refractivity contribution in [1.29, 1.82) is 0 Å². The summed E-state index contributed by atoms with van der Waals surface area (Å²) in [4.78, 5) is 15.4. The van der Waals surface area contributed by atoms with Crippen molar-refractivity contribution < 1.29 is 9.53 Å². The Morgan fingerprint density at radius 2 is 1.81 bits per heavy atom. The van der Waals surface area contributed by atoms with Crippen LogP contribution >= 0.6 is 24.0 Å². The van der Waals surface area contributed by atoms with Crippen molar-refractivity contribution in [2.24, 2.45) is 5.10 Å². The number of thiocarbonyl (C=S) groups is 1. The first-order chi connectivity index (χ1) is 15.2. The quantitative estimate of drug-likeness (QED) is 0.604. The molecule has 162 valence electrons. The van der Waals surface area contributed by atoms with E-state index in [-0.39, 0.29) is 11.9 Å². The molecule has 5 nitrogen and oxygen atoms in total. The number of thioether (sulfide) groups is 1. The predicted octanol–water partition coefficient (Wildman–Crippen LogP) is 4.88. The van der Waals surface area contributed by atoms with E-state index in [1.807, 2.05) is 54.6 Å². The first kappa shape index (κ1) is 21.8. The lowest BCUT2D eigenvalue weighted by Gasteiger charge is -2.29. The van der Waals surface area contributed by atoms with E-state index in [2.05, 4.69) is 4.90 Å². The van der Waals surface area contributed by atoms with Gasteiger partial charge in [0, 0.05) is 19.5 Å². The average molecular weight is 454 g/mol. The normalized spacial score (nSPS) is 18.6. The first-order valence-corrected chi connectivity index (χ1v) is 12.1. The molecule has 1 amide bonds. The zero-order valence-corrected chi connectivity index (χ0v) is 19.3. The summed E-state index contributed by atoms with van der Waals surface area (Å²) >= 11 is 7.04. The number of nitrogens with zero attached hydrogens (tertiary/aromatic N) is 3. The highest BCUT2D eigenvalue weighted by Gasteiger charge is 2.33. The van der Waals surface area contributed by atoms with Crippen LogP contribution < -0.4 is 4.74 Å². The minimum Gasteiger partial charge on any atom is -0.497 e. The van der Waals surface area contributed by atoms with Gasteiger partial charge in [-0.25, -0.2) is 5.01 Å². The number of carbonyl (C=O) groups is 1. The van der Waals surface area contributed by atoms with Gasteiger partial charge in [0.05, 0.1) is 24.6 Å². The van der Waals surface area contributed by atoms with Gasteiger partial charge in [-0.05, 0) is 42.5 Å². The molecule has 1 atom stereocenters. The molecule has 0 aromatic heterocycles. The summed E-state index contributed by atoms with van der Waals surface area (Å²) in [6.45, 7) is 1.99. The number of hydrogen-bond donors (Lipinski definition) is 0. The zero-order valence-electron chi connectivity index (χ0n) is 17.7. The van der Waals surface area contributed by atoms with Crippen molar-refractivity contribution in [3.63, 3.8) is 0 Å². The van der Waals surface area contributed by atoms with E-state index in [4.69, 9.17) is 22.1 Å². The molecule has 1 saturated heterocycles. The fourth-order valence-electron chi connectivity index (χ4n) is 3.99. The molecule has 1 fully saturated rings. The molecular weight excluding hydrogens is 426 g/mol. The van der Waals surface area contributed by atoms with Gasteiger partial charge < -0.3 is 9.64 Å². The van der Waals surface area contributed by atoms with Crippen molar-refractivity contribution in [2.45, 2.75) is 31.7 Å². The number of amides is 1. The average Bonchev–Trinajstić information content (AvgIpc) is 3.29. The van der Waals surface area contributed by atoms with E-state index < -0.39 is 0 Å². The van der Waals surface area contributed by atoms with Crippen LogP contribution in [0.15, 0.2) is 59.7 Å². The highest BCUT2D eigenvalue weighted by Crippen LogP contribution is 2.34. The summed E-state index contributed by atoms with van der Waals surface area (Å²) < 4.78 is 6.11. The van der Waals surface area contributed by atoms with Crippen molar-refractivity contribution in [3.05, 3.63) is 65.7 Å². The summed E-state index contributed by atoms with van der Waals surface area (Å²) in [6.07, 6.45) is 4.29. The maximum atomic E-state index is 13.2. The van der Waals surface area contributed by atoms with Crippen LogP contribution in [0, 0.1) is 0 Å². The standard InChI is InChI=1S/C24H27N3O2S2/c1-29-20-12-10-19(11-13-20)22-16-21(18-8-4-2-5-9-18)25-27(22)23(28)17-31-24(30)26-14-6-3-7-15-26/h2,4-5,8-13,22H,3,6-7,14-17H2,1H3/t22-/m1/s1. The number of hydrazone groups is 1. The number of methoxy groups -OCH3 is 1. The predicted molar refractivity (Wildman–Crippen MR) is 131 cm³/mol. The van der Waals surface area contributed by atoms with Crippen LogP contribution in [0.3, 0.4) is 0 Å². The molecule has 0 radical (unpaired) electrons. The molecule has 2 heterocycles. The van der Waals surface area contributed by atoms with Gasteiger partial charge in [0.15, 0.2) is 0 Å². The monoisotopic (exact) mass is 453 g/mol. The zero-order chi connectivity index (χ0) is 21.6. The second kappa shape index (κ2) is 10.3. The fraction of sp³-hybridized carbons (Fsp3) is 0.375. The lowest BCUT2D eigenvalue weighted by molar-refractivity contribution is -0.130. The van der Waals surface area contributed by atoms with Crippen molar-refractivity contribution in [1.82, 2.24) is 9.91 Å². The molecule has 0 spiro atoms. The van der Waals surface area contributed by atoms with Crippen LogP contribution in [-0.4, -0.2) is 51.8 Å². The van der Waals surface area contributed by atoms with Crippen LogP contribution in [0.5, 0.6) is 5.75 Å². The summed E-state index contributed by atoms with van der Waals surface area (Å²) in [5.41, 5.74) is 3.03. The molecule has 0 unspecified atom stereocenters. The number of carbonyl (C=O) groups excluding carboxylic acids is 1. The second-order valence-corrected chi connectivity index (χ2v) is 9.36. The third-order valence-electron chi connectivity index (χ3n) is 5.71. The van der Waals surface area contributed by atoms with Gasteiger partial charge in [-0.3, -0.25) is 4.79 Å². The topological polar surface area (TPSA) is 45.1 Å². The molecule has 0 N–H and O–H groups in total. The van der Waals surface area contributed by atoms with Crippen LogP contribution in [0.25, 0.3) is 0 Å². The summed E-state index contributed by atoms with van der Waals surface area (Å²) in [7, 11) is 1.65. The molecule has 7 heteroatoms. The van der Waals surface area contributed by atoms with Crippen molar-refractivity contribution >= 4 is 39.9 Å². The SMILES string of the molecule is COc1ccc([C@H]2CC(c3ccccc3)=NN2C(=O)CSC(=S)N2CCCCC2)cc1. The van der Waals surface area contributed by atoms with E-state index in [1.54, 1.807) is 12.1 Å². The third-order valence-corrected chi connectivity index (χ3v) is 7.22. The van der Waals surface area contributed by atoms with Crippen LogP contribution in [0.1, 0.15) is 42.9 Å². The Hall–Kier alpha value is -2.38. The van der Waals surface area contributed by atoms with E-state index in [0.717, 1.165) is 40.0 Å². The molecule has 31 heavy (non-hydrogen) atoms. The maximum absolute atomic E-state index is 13.2. The summed E-state index contributed by atoms with van der Waals surface area (Å²) in [6, 6.07) is 17.8. The van der Waals surface area contributed by atoms with Gasteiger partial charge in [-0.2, -0.15) is 5.10 Å². The highest BCUT2D eigenvalue weighted by molar-refractivity contribution is 8.23. The number of hydrogen-bond acceptors (Lipinski definition) is 5. The Labute approximate surface area is 193 Å². The molecule has 2 aromatic carbocycles. The molecule has 2 aliphatic heterocycles. The first-order valence-electron chi connectivity index (χ1n) is 10.7. The fourth-order valence-corrected chi connectivity index (χ4v) is 5.09. The Bertz CT molecular complexity index is 941. The summed E-state index contributed by atoms with van der Waals surface area (Å²) in [5, 5.41) is 6.40. The van der Waals surface area contributed by atoms with Crippen molar-refractivity contribution in [3.8, 4) is 5.75 Å². The number of piperidine rings is 1. The lowest BCUT2D eigenvalue weighted by atomic mass is 9.98. The van der Waals surface area contributed by atoms with E-state index in [9.17, 15) is 4.79 Å². The largest absolute Gasteiger partial charge is 0.497 e. The molecule has 4 rings (SSSR count). The van der Waals surface area contributed by atoms with Crippen LogP contribution in [0.2, 0.25) is 0 Å². The summed E-state index contributed by atoms with van der Waals surface area (Å²) in [5.74, 6) is 1.08. The Morgan fingerprint density at radius 3 is 2.48 bits per heavy atom. The van der Waals surface area contributed by atoms with Gasteiger partial charge in [-0.1, -0.05) is 66.4 Å². The molecule has 0 saturated carbocycles. The van der Waals surface area contributed by atoms with Gasteiger partial charge >= 0.3 is 0 Å². The van der Waals surface area contributed by atoms with Gasteiger partial charge in [-0.15, -0.1) is 0 Å².